The van der Waals surface area contributed by atoms with E-state index in [1.807, 2.05) is 0 Å². The zero-order chi connectivity index (χ0) is 41.5. The van der Waals surface area contributed by atoms with Crippen LogP contribution in [0.25, 0.3) is 0 Å². The molecule has 0 spiro atoms. The van der Waals surface area contributed by atoms with E-state index in [9.17, 15) is 24.0 Å². The number of nitrogens with two attached hydrogens (primary N) is 3. The minimum atomic E-state index is -1.50. The monoisotopic (exact) mass is 779 g/mol. The lowest BCUT2D eigenvalue weighted by Crippen LogP contribution is -2.35. The first-order valence-corrected chi connectivity index (χ1v) is 17.5. The molecule has 0 saturated heterocycles. The maximum absolute atomic E-state index is 13.8. The second-order valence-electron chi connectivity index (χ2n) is 12.3. The summed E-state index contributed by atoms with van der Waals surface area (Å²) in [6.45, 7) is 2.59. The molecule has 57 heavy (non-hydrogen) atoms. The third-order valence-electron chi connectivity index (χ3n) is 8.44. The Morgan fingerprint density at radius 2 is 1.16 bits per heavy atom. The molecular formula is C39H45N11O7. The number of ether oxygens (including phenoxy) is 2. The van der Waals surface area contributed by atoms with Crippen LogP contribution in [0.4, 0.5) is 28.4 Å². The number of methoxy groups -OCH3 is 2. The summed E-state index contributed by atoms with van der Waals surface area (Å²) in [7, 11) is 2.91. The van der Waals surface area contributed by atoms with Crippen LogP contribution in [0.2, 0.25) is 0 Å². The fraction of sp³-hybridized carbons (Fsp3) is 0.256. The number of hydrogen-bond acceptors (Lipinski definition) is 15. The largest absolute Gasteiger partial charge is 0.495 e. The summed E-state index contributed by atoms with van der Waals surface area (Å²) in [6.07, 6.45) is 0. The molecule has 0 fully saturated rings. The first kappa shape index (κ1) is 43.0. The van der Waals surface area contributed by atoms with E-state index in [4.69, 9.17) is 26.7 Å². The Morgan fingerprint density at radius 3 is 1.63 bits per heavy atom. The number of ketones is 2. The molecule has 9 N–H and O–H groups in total. The number of nitrogens with zero attached hydrogens (tertiary/aromatic N) is 5. The highest BCUT2D eigenvalue weighted by atomic mass is 16.5. The van der Waals surface area contributed by atoms with Crippen LogP contribution in [0.5, 0.6) is 11.5 Å². The van der Waals surface area contributed by atoms with Crippen LogP contribution >= 0.6 is 0 Å². The molecule has 0 aromatic heterocycles. The second-order valence-corrected chi connectivity index (χ2v) is 12.3. The molecule has 3 amide bonds. The Labute approximate surface area is 328 Å². The lowest BCUT2D eigenvalue weighted by atomic mass is 9.97. The Kier molecular flexibility index (Phi) is 15.7. The Bertz CT molecular complexity index is 2140. The predicted octanol–water partition coefficient (Wildman–Crippen LogP) is 4.41. The normalized spacial score (nSPS) is 12.3. The molecule has 0 bridgehead atoms. The van der Waals surface area contributed by atoms with Crippen LogP contribution in [-0.2, 0) is 32.3 Å². The van der Waals surface area contributed by atoms with Crippen molar-refractivity contribution < 1.29 is 33.4 Å². The van der Waals surface area contributed by atoms with Crippen LogP contribution in [0.3, 0.4) is 0 Å². The van der Waals surface area contributed by atoms with Crippen LogP contribution < -0.4 is 42.6 Å². The maximum Gasteiger partial charge on any atom is 0.258 e. The zero-order valence-corrected chi connectivity index (χ0v) is 31.9. The van der Waals surface area contributed by atoms with Crippen molar-refractivity contribution in [2.45, 2.75) is 39.0 Å². The minimum Gasteiger partial charge on any atom is -0.495 e. The van der Waals surface area contributed by atoms with Gasteiger partial charge in [-0.2, -0.15) is 20.5 Å². The van der Waals surface area contributed by atoms with Crippen LogP contribution in [0, 0.1) is 0 Å². The standard InChI is InChI=1S/C39H45N11O7/c1-23(51)35(38(54)44-31-9-5-7-11-33(31)56-3)48-46-26-15-13-25(14-16-26)43-37(53)27-17-18-30(28(19-40)29(27)20-50(21-41)22-42)47-49-36(24(2)52)39(55)45-32-10-6-8-12-34(32)57-4/h5-18,35-36H,19-22,40-42H2,1-4H3,(H,43,53)(H,44,54)(H,45,55). The highest BCUT2D eigenvalue weighted by Crippen LogP contribution is 2.30. The smallest absolute Gasteiger partial charge is 0.258 e. The molecule has 2 atom stereocenters. The van der Waals surface area contributed by atoms with Crippen molar-refractivity contribution >= 4 is 57.7 Å². The van der Waals surface area contributed by atoms with Crippen LogP contribution in [-0.4, -0.2) is 73.8 Å². The fourth-order valence-corrected chi connectivity index (χ4v) is 5.41. The highest BCUT2D eigenvalue weighted by molar-refractivity contribution is 6.11. The van der Waals surface area contributed by atoms with Crippen LogP contribution in [0.1, 0.15) is 35.3 Å². The van der Waals surface area contributed by atoms with Crippen LogP contribution in [0.15, 0.2) is 105 Å². The zero-order valence-electron chi connectivity index (χ0n) is 31.9. The van der Waals surface area contributed by atoms with E-state index in [2.05, 4.69) is 36.4 Å². The maximum atomic E-state index is 13.8. The Morgan fingerprint density at radius 1 is 0.649 bits per heavy atom. The van der Waals surface area contributed by atoms with E-state index in [1.165, 1.54) is 40.2 Å². The van der Waals surface area contributed by atoms with Crippen molar-refractivity contribution in [2.24, 2.45) is 37.7 Å². The molecule has 2 unspecified atom stereocenters. The summed E-state index contributed by atoms with van der Waals surface area (Å²) < 4.78 is 10.5. The van der Waals surface area contributed by atoms with Crippen molar-refractivity contribution in [1.29, 1.82) is 0 Å². The van der Waals surface area contributed by atoms with E-state index < -0.39 is 41.4 Å². The summed E-state index contributed by atoms with van der Waals surface area (Å²) in [5.74, 6) is -2.19. The van der Waals surface area contributed by atoms with Gasteiger partial charge in [0, 0.05) is 37.7 Å². The molecule has 18 heteroatoms. The van der Waals surface area contributed by atoms with Crippen molar-refractivity contribution in [2.75, 3.05) is 43.5 Å². The molecule has 0 heterocycles. The third-order valence-corrected chi connectivity index (χ3v) is 8.44. The quantitative estimate of drug-likeness (QED) is 0.0441. The highest BCUT2D eigenvalue weighted by Gasteiger charge is 2.26. The van der Waals surface area contributed by atoms with E-state index in [1.54, 1.807) is 77.7 Å². The Balaban J connectivity index is 1.56. The topological polar surface area (TPSA) is 271 Å². The summed E-state index contributed by atoms with van der Waals surface area (Å²) in [5, 5.41) is 24.5. The molecule has 0 aliphatic heterocycles. The van der Waals surface area contributed by atoms with Gasteiger partial charge in [-0.15, -0.1) is 0 Å². The molecule has 298 valence electrons. The predicted molar refractivity (Wildman–Crippen MR) is 214 cm³/mol. The van der Waals surface area contributed by atoms with Gasteiger partial charge >= 0.3 is 0 Å². The number of nitrogens with one attached hydrogen (secondary N) is 3. The first-order chi connectivity index (χ1) is 27.4. The molecular weight excluding hydrogens is 734 g/mol. The fourth-order valence-electron chi connectivity index (χ4n) is 5.41. The Hall–Kier alpha value is -6.73. The summed E-state index contributed by atoms with van der Waals surface area (Å²) in [5.41, 5.74) is 20.8. The van der Waals surface area contributed by atoms with Gasteiger partial charge in [0.25, 0.3) is 17.7 Å². The third kappa shape index (κ3) is 11.4. The van der Waals surface area contributed by atoms with Crippen molar-refractivity contribution in [3.8, 4) is 11.5 Å². The number of Topliss-reactive ketones (excluding diaryl/α,β-unsaturated/α-hetero) is 2. The molecule has 0 aliphatic rings. The molecule has 4 aromatic rings. The van der Waals surface area contributed by atoms with Gasteiger partial charge in [-0.1, -0.05) is 24.3 Å². The SMILES string of the molecule is COc1ccccc1NC(=O)C(N=Nc1ccc(NC(=O)c2ccc(N=NC(C(C)=O)C(=O)Nc3ccccc3OC)c(CN)c2CN(CN)CN)cc1)C(C)=O. The molecule has 0 aliphatic carbocycles. The van der Waals surface area contributed by atoms with Crippen molar-refractivity contribution in [1.82, 2.24) is 4.90 Å². The number of rotatable bonds is 19. The van der Waals surface area contributed by atoms with E-state index in [-0.39, 0.29) is 37.7 Å². The average Bonchev–Trinajstić information content (AvgIpc) is 3.20. The summed E-state index contributed by atoms with van der Waals surface area (Å²) >= 11 is 0. The number of amides is 3. The number of carbonyl (C=O) groups is 5. The van der Waals surface area contributed by atoms with Gasteiger partial charge in [0.15, 0.2) is 11.6 Å². The number of anilines is 3. The molecule has 4 rings (SSSR count). The molecule has 0 radical (unpaired) electrons. The van der Waals surface area contributed by atoms with Gasteiger partial charge in [-0.05, 0) is 85.6 Å². The van der Waals surface area contributed by atoms with E-state index in [0.717, 1.165) is 0 Å². The number of azo groups is 2. The van der Waals surface area contributed by atoms with Gasteiger partial charge in [-0.3, -0.25) is 28.9 Å². The minimum absolute atomic E-state index is 0.0610. The molecule has 18 nitrogen and oxygen atoms in total. The van der Waals surface area contributed by atoms with Gasteiger partial charge in [0.1, 0.15) is 11.5 Å². The molecule has 0 saturated carbocycles. The van der Waals surface area contributed by atoms with Gasteiger partial charge < -0.3 is 42.6 Å². The number of para-hydroxylation sites is 4. The van der Waals surface area contributed by atoms with Crippen molar-refractivity contribution in [3.05, 3.63) is 102 Å². The lowest BCUT2D eigenvalue weighted by Gasteiger charge is -2.22. The number of hydrogen-bond donors (Lipinski definition) is 6. The number of carbonyl (C=O) groups excluding carboxylic acids is 5. The molecule has 4 aromatic carbocycles. The van der Waals surface area contributed by atoms with E-state index >= 15 is 0 Å². The van der Waals surface area contributed by atoms with Gasteiger partial charge in [-0.25, -0.2) is 0 Å². The summed E-state index contributed by atoms with van der Waals surface area (Å²) in [4.78, 5) is 66.3. The average molecular weight is 780 g/mol. The van der Waals surface area contributed by atoms with Crippen molar-refractivity contribution in [3.63, 3.8) is 0 Å². The summed E-state index contributed by atoms with van der Waals surface area (Å²) in [6, 6.07) is 19.8. The van der Waals surface area contributed by atoms with Gasteiger partial charge in [0.2, 0.25) is 12.1 Å². The first-order valence-electron chi connectivity index (χ1n) is 17.5. The van der Waals surface area contributed by atoms with Gasteiger partial charge in [0.05, 0.1) is 37.0 Å². The second kappa shape index (κ2) is 20.8. The van der Waals surface area contributed by atoms with E-state index in [0.29, 0.717) is 45.4 Å². The lowest BCUT2D eigenvalue weighted by molar-refractivity contribution is -0.127. The number of benzene rings is 4.